The highest BCUT2D eigenvalue weighted by molar-refractivity contribution is 7.89. The monoisotopic (exact) mass is 447 g/mol. The SMILES string of the molecule is C=CC1CC(COCOC)C2CCCCC23CCCN(S(=O)(=O)c2ccc(C)cc2)C13. The predicted molar refractivity (Wildman–Crippen MR) is 122 cm³/mol. The molecule has 6 heteroatoms. The molecule has 4 rings (SSSR count). The molecule has 5 nitrogen and oxygen atoms in total. The van der Waals surface area contributed by atoms with E-state index in [1.807, 2.05) is 29.4 Å². The van der Waals surface area contributed by atoms with Gasteiger partial charge in [-0.05, 0) is 74.3 Å². The van der Waals surface area contributed by atoms with Crippen LogP contribution in [0.1, 0.15) is 50.5 Å². The van der Waals surface area contributed by atoms with Crippen LogP contribution < -0.4 is 0 Å². The highest BCUT2D eigenvalue weighted by atomic mass is 32.2. The lowest BCUT2D eigenvalue weighted by molar-refractivity contribution is -0.129. The fourth-order valence-electron chi connectivity index (χ4n) is 6.90. The van der Waals surface area contributed by atoms with Crippen LogP contribution in [0.15, 0.2) is 41.8 Å². The van der Waals surface area contributed by atoms with Crippen molar-refractivity contribution < 1.29 is 17.9 Å². The van der Waals surface area contributed by atoms with Gasteiger partial charge in [-0.2, -0.15) is 4.31 Å². The van der Waals surface area contributed by atoms with Crippen molar-refractivity contribution in [2.45, 2.75) is 62.8 Å². The molecule has 1 heterocycles. The second-order valence-electron chi connectivity index (χ2n) is 9.74. The van der Waals surface area contributed by atoms with Crippen molar-refractivity contribution in [3.8, 4) is 0 Å². The van der Waals surface area contributed by atoms with E-state index in [2.05, 4.69) is 6.58 Å². The molecule has 1 aliphatic heterocycles. The fraction of sp³-hybridized carbons (Fsp3) is 0.680. The molecule has 0 N–H and O–H groups in total. The van der Waals surface area contributed by atoms with Crippen LogP contribution in [0.5, 0.6) is 0 Å². The summed E-state index contributed by atoms with van der Waals surface area (Å²) in [6.07, 6.45) is 9.66. The van der Waals surface area contributed by atoms with Crippen LogP contribution in [0.25, 0.3) is 0 Å². The third kappa shape index (κ3) is 4.12. The minimum atomic E-state index is -3.55. The van der Waals surface area contributed by atoms with Crippen LogP contribution in [0.4, 0.5) is 0 Å². The molecule has 1 saturated heterocycles. The first-order chi connectivity index (χ1) is 14.9. The van der Waals surface area contributed by atoms with Crippen molar-refractivity contribution in [1.29, 1.82) is 0 Å². The minimum absolute atomic E-state index is 0.00553. The lowest BCUT2D eigenvalue weighted by atomic mass is 9.49. The topological polar surface area (TPSA) is 55.8 Å². The van der Waals surface area contributed by atoms with Crippen LogP contribution in [0.2, 0.25) is 0 Å². The van der Waals surface area contributed by atoms with Gasteiger partial charge in [0, 0.05) is 19.7 Å². The third-order valence-corrected chi connectivity index (χ3v) is 9.97. The Morgan fingerprint density at radius 3 is 2.65 bits per heavy atom. The number of methoxy groups -OCH3 is 1. The molecule has 3 fully saturated rings. The zero-order chi connectivity index (χ0) is 22.1. The van der Waals surface area contributed by atoms with Crippen molar-refractivity contribution >= 4 is 10.0 Å². The van der Waals surface area contributed by atoms with Gasteiger partial charge in [-0.15, -0.1) is 6.58 Å². The Labute approximate surface area is 187 Å². The number of rotatable bonds is 7. The van der Waals surface area contributed by atoms with Crippen LogP contribution in [0, 0.1) is 30.1 Å². The Bertz CT molecular complexity index is 864. The molecule has 1 aromatic rings. The highest BCUT2D eigenvalue weighted by Gasteiger charge is 2.59. The van der Waals surface area contributed by atoms with Gasteiger partial charge in [0.25, 0.3) is 0 Å². The van der Waals surface area contributed by atoms with Gasteiger partial charge in [0.15, 0.2) is 0 Å². The molecule has 0 amide bonds. The summed E-state index contributed by atoms with van der Waals surface area (Å²) in [6.45, 7) is 7.74. The van der Waals surface area contributed by atoms with E-state index in [-0.39, 0.29) is 17.4 Å². The van der Waals surface area contributed by atoms with E-state index in [1.165, 1.54) is 19.3 Å². The molecule has 1 aromatic carbocycles. The number of ether oxygens (including phenoxy) is 2. The molecule has 3 aliphatic rings. The summed E-state index contributed by atoms with van der Waals surface area (Å²) >= 11 is 0. The van der Waals surface area contributed by atoms with E-state index < -0.39 is 10.0 Å². The Morgan fingerprint density at radius 2 is 1.94 bits per heavy atom. The van der Waals surface area contributed by atoms with Gasteiger partial charge in [0.1, 0.15) is 6.79 Å². The second-order valence-corrected chi connectivity index (χ2v) is 11.6. The maximum Gasteiger partial charge on any atom is 0.243 e. The van der Waals surface area contributed by atoms with E-state index in [4.69, 9.17) is 9.47 Å². The first-order valence-corrected chi connectivity index (χ1v) is 13.2. The second kappa shape index (κ2) is 9.34. The Morgan fingerprint density at radius 1 is 1.19 bits per heavy atom. The minimum Gasteiger partial charge on any atom is -0.359 e. The van der Waals surface area contributed by atoms with E-state index >= 15 is 0 Å². The Hall–Kier alpha value is -1.21. The standard InChI is InChI=1S/C25H37NO4S/c1-4-20-16-21(17-30-18-29-3)23-8-5-6-13-25(23)14-7-15-26(24(20)25)31(27,28)22-11-9-19(2)10-12-22/h4,9-12,20-21,23-24H,1,5-8,13-18H2,2-3H3. The van der Waals surface area contributed by atoms with Crippen LogP contribution in [0.3, 0.4) is 0 Å². The normalized spacial score (nSPS) is 34.0. The maximum absolute atomic E-state index is 13.8. The molecule has 2 saturated carbocycles. The Balaban J connectivity index is 1.72. The van der Waals surface area contributed by atoms with E-state index in [0.717, 1.165) is 31.2 Å². The maximum atomic E-state index is 13.8. The molecule has 31 heavy (non-hydrogen) atoms. The predicted octanol–water partition coefficient (Wildman–Crippen LogP) is 4.77. The quantitative estimate of drug-likeness (QED) is 0.343. The van der Waals surface area contributed by atoms with Gasteiger partial charge in [-0.1, -0.05) is 36.6 Å². The molecule has 2 aliphatic carbocycles. The lowest BCUT2D eigenvalue weighted by Crippen LogP contribution is -2.64. The highest BCUT2D eigenvalue weighted by Crippen LogP contribution is 2.60. The summed E-state index contributed by atoms with van der Waals surface area (Å²) in [5.41, 5.74) is 1.09. The van der Waals surface area contributed by atoms with Gasteiger partial charge in [-0.25, -0.2) is 8.42 Å². The van der Waals surface area contributed by atoms with Crippen LogP contribution in [-0.4, -0.2) is 45.8 Å². The number of hydrogen-bond acceptors (Lipinski definition) is 4. The molecular weight excluding hydrogens is 410 g/mol. The average molecular weight is 448 g/mol. The van der Waals surface area contributed by atoms with E-state index in [9.17, 15) is 8.42 Å². The van der Waals surface area contributed by atoms with Crippen molar-refractivity contribution in [3.05, 3.63) is 42.5 Å². The molecule has 0 radical (unpaired) electrons. The summed E-state index contributed by atoms with van der Waals surface area (Å²) < 4.78 is 40.5. The first-order valence-electron chi connectivity index (χ1n) is 11.7. The van der Waals surface area contributed by atoms with E-state index in [0.29, 0.717) is 36.7 Å². The number of nitrogens with zero attached hydrogens (tertiary/aromatic N) is 1. The average Bonchev–Trinajstić information content (AvgIpc) is 2.78. The molecule has 1 spiro atoms. The summed E-state index contributed by atoms with van der Waals surface area (Å²) in [6, 6.07) is 7.30. The smallest absolute Gasteiger partial charge is 0.243 e. The Kier molecular flexibility index (Phi) is 6.92. The number of piperidine rings is 1. The molecule has 0 aromatic heterocycles. The first kappa shape index (κ1) is 23.0. The van der Waals surface area contributed by atoms with Gasteiger partial charge in [0.2, 0.25) is 10.0 Å². The molecule has 172 valence electrons. The summed E-state index contributed by atoms with van der Waals surface area (Å²) in [4.78, 5) is 0.413. The van der Waals surface area contributed by atoms with Gasteiger partial charge in [-0.3, -0.25) is 0 Å². The lowest BCUT2D eigenvalue weighted by Gasteiger charge is -2.62. The van der Waals surface area contributed by atoms with Crippen molar-refractivity contribution in [2.24, 2.45) is 23.2 Å². The van der Waals surface area contributed by atoms with Crippen LogP contribution in [-0.2, 0) is 19.5 Å². The zero-order valence-electron chi connectivity index (χ0n) is 19.0. The number of benzene rings is 1. The van der Waals surface area contributed by atoms with Crippen molar-refractivity contribution in [1.82, 2.24) is 4.31 Å². The van der Waals surface area contributed by atoms with Gasteiger partial charge in [0.05, 0.1) is 11.5 Å². The van der Waals surface area contributed by atoms with Gasteiger partial charge >= 0.3 is 0 Å². The number of hydrogen-bond donors (Lipinski definition) is 0. The summed E-state index contributed by atoms with van der Waals surface area (Å²) in [7, 11) is -1.90. The zero-order valence-corrected chi connectivity index (χ0v) is 19.8. The fourth-order valence-corrected chi connectivity index (χ4v) is 8.69. The van der Waals surface area contributed by atoms with E-state index in [1.54, 1.807) is 19.2 Å². The number of sulfonamides is 1. The van der Waals surface area contributed by atoms with Gasteiger partial charge < -0.3 is 9.47 Å². The molecule has 5 unspecified atom stereocenters. The van der Waals surface area contributed by atoms with Crippen molar-refractivity contribution in [2.75, 3.05) is 27.1 Å². The van der Waals surface area contributed by atoms with Crippen molar-refractivity contribution in [3.63, 3.8) is 0 Å². The molecular formula is C25H37NO4S. The largest absolute Gasteiger partial charge is 0.359 e. The molecule has 5 atom stereocenters. The summed E-state index contributed by atoms with van der Waals surface area (Å²) in [5, 5.41) is 0. The summed E-state index contributed by atoms with van der Waals surface area (Å²) in [5.74, 6) is 1.07. The number of aryl methyl sites for hydroxylation is 1. The molecule has 0 bridgehead atoms. The third-order valence-electron chi connectivity index (χ3n) is 8.08. The van der Waals surface area contributed by atoms with Crippen LogP contribution >= 0.6 is 0 Å².